The van der Waals surface area contributed by atoms with Gasteiger partial charge in [0.1, 0.15) is 17.2 Å². The predicted octanol–water partition coefficient (Wildman–Crippen LogP) is 2.19. The quantitative estimate of drug-likeness (QED) is 0.728. The monoisotopic (exact) mass is 385 g/mol. The van der Waals surface area contributed by atoms with Crippen molar-refractivity contribution < 1.29 is 33.3 Å². The van der Waals surface area contributed by atoms with Crippen molar-refractivity contribution in [2.24, 2.45) is 5.73 Å². The summed E-state index contributed by atoms with van der Waals surface area (Å²) in [6.45, 7) is -0.266. The van der Waals surface area contributed by atoms with Gasteiger partial charge in [-0.05, 0) is 24.3 Å². The van der Waals surface area contributed by atoms with Crippen LogP contribution in [-0.2, 0) is 4.79 Å². The normalized spacial score (nSPS) is 13.7. The number of carbonyl (C=O) groups is 2. The molecule has 0 atom stereocenters. The number of carbonyl (C=O) groups excluding carboxylic acids is 2. The summed E-state index contributed by atoms with van der Waals surface area (Å²) in [6, 6.07) is 8.02. The second-order valence-corrected chi connectivity index (χ2v) is 5.80. The van der Waals surface area contributed by atoms with Crippen molar-refractivity contribution in [1.29, 1.82) is 0 Å². The van der Waals surface area contributed by atoms with E-state index >= 15 is 0 Å². The maximum atomic E-state index is 12.7. The van der Waals surface area contributed by atoms with Crippen LogP contribution in [0.2, 0.25) is 0 Å². The molecule has 1 aliphatic heterocycles. The van der Waals surface area contributed by atoms with Gasteiger partial charge in [-0.2, -0.15) is 0 Å². The van der Waals surface area contributed by atoms with Gasteiger partial charge in [-0.15, -0.1) is 0 Å². The highest BCUT2D eigenvalue weighted by Crippen LogP contribution is 2.38. The Morgan fingerprint density at radius 3 is 2.36 bits per heavy atom. The molecule has 146 valence electrons. The van der Waals surface area contributed by atoms with Gasteiger partial charge in [-0.1, -0.05) is 0 Å². The Labute approximate surface area is 161 Å². The highest BCUT2D eigenvalue weighted by atomic mass is 16.5. The van der Waals surface area contributed by atoms with E-state index in [0.717, 1.165) is 0 Å². The Balaban J connectivity index is 1.93. The van der Waals surface area contributed by atoms with Crippen LogP contribution in [0.15, 0.2) is 36.1 Å². The molecule has 0 aromatic heterocycles. The van der Waals surface area contributed by atoms with Crippen LogP contribution in [0.1, 0.15) is 15.9 Å². The zero-order valence-electron chi connectivity index (χ0n) is 15.6. The standard InChI is InChI=1S/C20H19NO7/c1-24-14-9-17(26-3)16(25-2)6-11(14)7-18-20(23)13-5-4-12(8-15(13)28-18)27-10-19(21)22/h4-9H,10H2,1-3H3,(H2,21,22)/b18-7+. The number of methoxy groups -OCH3 is 3. The fourth-order valence-electron chi connectivity index (χ4n) is 2.72. The molecule has 0 spiro atoms. The van der Waals surface area contributed by atoms with Crippen molar-refractivity contribution in [3.05, 3.63) is 47.2 Å². The number of ketones is 1. The zero-order valence-corrected chi connectivity index (χ0v) is 15.6. The van der Waals surface area contributed by atoms with E-state index in [9.17, 15) is 9.59 Å². The molecule has 2 aromatic rings. The van der Waals surface area contributed by atoms with Gasteiger partial charge in [-0.25, -0.2) is 0 Å². The third kappa shape index (κ3) is 3.71. The number of rotatable bonds is 7. The van der Waals surface area contributed by atoms with E-state index in [0.29, 0.717) is 39.9 Å². The number of hydrogen-bond acceptors (Lipinski definition) is 7. The molecule has 0 unspecified atom stereocenters. The molecule has 0 aliphatic carbocycles. The summed E-state index contributed by atoms with van der Waals surface area (Å²) in [5, 5.41) is 0. The van der Waals surface area contributed by atoms with Crippen LogP contribution in [0.25, 0.3) is 6.08 Å². The molecule has 0 saturated carbocycles. The van der Waals surface area contributed by atoms with Crippen molar-refractivity contribution in [1.82, 2.24) is 0 Å². The third-order valence-electron chi connectivity index (χ3n) is 4.04. The van der Waals surface area contributed by atoms with Crippen LogP contribution in [0.5, 0.6) is 28.7 Å². The number of benzene rings is 2. The second-order valence-electron chi connectivity index (χ2n) is 5.80. The molecule has 1 aliphatic rings. The number of hydrogen-bond donors (Lipinski definition) is 1. The minimum absolute atomic E-state index is 0.118. The largest absolute Gasteiger partial charge is 0.496 e. The van der Waals surface area contributed by atoms with E-state index in [2.05, 4.69) is 0 Å². The van der Waals surface area contributed by atoms with Gasteiger partial charge in [0.25, 0.3) is 5.91 Å². The Kier molecular flexibility index (Phi) is 5.39. The van der Waals surface area contributed by atoms with Gasteiger partial charge in [-0.3, -0.25) is 9.59 Å². The fraction of sp³-hybridized carbons (Fsp3) is 0.200. The molecule has 2 aromatic carbocycles. The van der Waals surface area contributed by atoms with Gasteiger partial charge >= 0.3 is 0 Å². The lowest BCUT2D eigenvalue weighted by Crippen LogP contribution is -2.19. The average Bonchev–Trinajstić information content (AvgIpc) is 3.00. The summed E-state index contributed by atoms with van der Waals surface area (Å²) in [4.78, 5) is 23.5. The minimum Gasteiger partial charge on any atom is -0.496 e. The molecule has 1 heterocycles. The summed E-state index contributed by atoms with van der Waals surface area (Å²) < 4.78 is 26.9. The first-order valence-corrected chi connectivity index (χ1v) is 8.26. The molecule has 8 nitrogen and oxygen atoms in total. The molecule has 3 rings (SSSR count). The molecular weight excluding hydrogens is 366 g/mol. The molecule has 1 amide bonds. The first-order chi connectivity index (χ1) is 13.5. The van der Waals surface area contributed by atoms with Gasteiger partial charge < -0.3 is 29.4 Å². The molecule has 8 heteroatoms. The van der Waals surface area contributed by atoms with E-state index in [1.807, 2.05) is 0 Å². The molecule has 0 bridgehead atoms. The van der Waals surface area contributed by atoms with E-state index in [1.54, 1.807) is 30.3 Å². The van der Waals surface area contributed by atoms with Gasteiger partial charge in [0, 0.05) is 17.7 Å². The summed E-state index contributed by atoms with van der Waals surface area (Å²) in [7, 11) is 4.55. The molecule has 0 fully saturated rings. The number of fused-ring (bicyclic) bond motifs is 1. The number of Topliss-reactive ketones (excluding diaryl/α,β-unsaturated/α-hetero) is 1. The molecule has 0 saturated heterocycles. The minimum atomic E-state index is -0.598. The number of primary amides is 1. The lowest BCUT2D eigenvalue weighted by Gasteiger charge is -2.12. The number of allylic oxidation sites excluding steroid dienone is 1. The number of ether oxygens (including phenoxy) is 5. The summed E-state index contributed by atoms with van der Waals surface area (Å²) in [6.07, 6.45) is 1.56. The van der Waals surface area contributed by atoms with Crippen LogP contribution in [0.4, 0.5) is 0 Å². The van der Waals surface area contributed by atoms with E-state index in [1.165, 1.54) is 27.4 Å². The number of amides is 1. The second kappa shape index (κ2) is 7.91. The maximum Gasteiger partial charge on any atom is 0.255 e. The maximum absolute atomic E-state index is 12.7. The summed E-state index contributed by atoms with van der Waals surface area (Å²) in [5.41, 5.74) is 6.04. The third-order valence-corrected chi connectivity index (χ3v) is 4.04. The Bertz CT molecular complexity index is 965. The Morgan fingerprint density at radius 1 is 1.04 bits per heavy atom. The lowest BCUT2D eigenvalue weighted by atomic mass is 10.1. The summed E-state index contributed by atoms with van der Waals surface area (Å²) in [5.74, 6) is 1.41. The van der Waals surface area contributed by atoms with Crippen LogP contribution in [0.3, 0.4) is 0 Å². The molecule has 0 radical (unpaired) electrons. The van der Waals surface area contributed by atoms with Crippen LogP contribution in [0, 0.1) is 0 Å². The van der Waals surface area contributed by atoms with Gasteiger partial charge in [0.05, 0.1) is 26.9 Å². The Hall–Kier alpha value is -3.68. The van der Waals surface area contributed by atoms with Crippen LogP contribution < -0.4 is 29.4 Å². The summed E-state index contributed by atoms with van der Waals surface area (Å²) >= 11 is 0. The average molecular weight is 385 g/mol. The first-order valence-electron chi connectivity index (χ1n) is 8.26. The highest BCUT2D eigenvalue weighted by molar-refractivity contribution is 6.14. The lowest BCUT2D eigenvalue weighted by molar-refractivity contribution is -0.119. The molecule has 28 heavy (non-hydrogen) atoms. The SMILES string of the molecule is COc1cc(OC)c(OC)cc1/C=C1/Oc2cc(OCC(N)=O)ccc2C1=O. The van der Waals surface area contributed by atoms with Gasteiger partial charge in [0.15, 0.2) is 23.9 Å². The van der Waals surface area contributed by atoms with E-state index in [-0.39, 0.29) is 18.1 Å². The van der Waals surface area contributed by atoms with Crippen molar-refractivity contribution in [3.63, 3.8) is 0 Å². The van der Waals surface area contributed by atoms with Crippen molar-refractivity contribution in [2.45, 2.75) is 0 Å². The predicted molar refractivity (Wildman–Crippen MR) is 100 cm³/mol. The van der Waals surface area contributed by atoms with Crippen LogP contribution in [-0.4, -0.2) is 39.6 Å². The van der Waals surface area contributed by atoms with Crippen molar-refractivity contribution in [2.75, 3.05) is 27.9 Å². The zero-order chi connectivity index (χ0) is 20.3. The highest BCUT2D eigenvalue weighted by Gasteiger charge is 2.28. The smallest absolute Gasteiger partial charge is 0.255 e. The van der Waals surface area contributed by atoms with Crippen molar-refractivity contribution in [3.8, 4) is 28.7 Å². The fourth-order valence-corrected chi connectivity index (χ4v) is 2.72. The van der Waals surface area contributed by atoms with Gasteiger partial charge in [0.2, 0.25) is 5.78 Å². The molecular formula is C20H19NO7. The first kappa shape index (κ1) is 19.1. The molecule has 2 N–H and O–H groups in total. The Morgan fingerprint density at radius 2 is 1.71 bits per heavy atom. The van der Waals surface area contributed by atoms with Crippen LogP contribution >= 0.6 is 0 Å². The van der Waals surface area contributed by atoms with Crippen molar-refractivity contribution >= 4 is 17.8 Å². The van der Waals surface area contributed by atoms with E-state index in [4.69, 9.17) is 29.4 Å². The van der Waals surface area contributed by atoms with E-state index < -0.39 is 5.91 Å². The number of nitrogens with two attached hydrogens (primary N) is 1. The topological polar surface area (TPSA) is 106 Å².